The highest BCUT2D eigenvalue weighted by Gasteiger charge is 2.27. The van der Waals surface area contributed by atoms with Crippen LogP contribution in [0, 0.1) is 6.92 Å². The molecule has 1 saturated heterocycles. The third-order valence-corrected chi connectivity index (χ3v) is 7.18. The molecule has 1 aromatic carbocycles. The first-order valence-corrected chi connectivity index (χ1v) is 11.0. The van der Waals surface area contributed by atoms with E-state index >= 15 is 0 Å². The van der Waals surface area contributed by atoms with Gasteiger partial charge in [-0.2, -0.15) is 9.40 Å². The van der Waals surface area contributed by atoms with Gasteiger partial charge < -0.3 is 10.2 Å². The molecule has 0 spiro atoms. The summed E-state index contributed by atoms with van der Waals surface area (Å²) in [4.78, 5) is 14.5. The Kier molecular flexibility index (Phi) is 6.42. The number of nitrogens with one attached hydrogen (secondary N) is 1. The van der Waals surface area contributed by atoms with Gasteiger partial charge in [-0.25, -0.2) is 8.42 Å². The number of likely N-dealkylation sites (N-methyl/N-ethyl adjacent to an activating group) is 1. The average molecular weight is 438 g/mol. The topological polar surface area (TPSA) is 87.5 Å². The first-order chi connectivity index (χ1) is 13.7. The number of rotatable bonds is 5. The predicted molar refractivity (Wildman–Crippen MR) is 113 cm³/mol. The second-order valence-corrected chi connectivity index (χ2v) is 9.26. The van der Waals surface area contributed by atoms with Gasteiger partial charge in [-0.05, 0) is 44.3 Å². The highest BCUT2D eigenvalue weighted by atomic mass is 35.5. The minimum atomic E-state index is -3.53. The van der Waals surface area contributed by atoms with Crippen molar-refractivity contribution < 1.29 is 13.2 Å². The highest BCUT2D eigenvalue weighted by Crippen LogP contribution is 2.21. The maximum Gasteiger partial charge on any atom is 0.248 e. The molecular weight excluding hydrogens is 414 g/mol. The van der Waals surface area contributed by atoms with Crippen LogP contribution in [0.5, 0.6) is 0 Å². The number of benzene rings is 1. The van der Waals surface area contributed by atoms with E-state index in [-0.39, 0.29) is 10.8 Å². The van der Waals surface area contributed by atoms with Crippen molar-refractivity contribution in [1.82, 2.24) is 19.0 Å². The number of hydrogen-bond donors (Lipinski definition) is 1. The fourth-order valence-corrected chi connectivity index (χ4v) is 4.73. The summed E-state index contributed by atoms with van der Waals surface area (Å²) in [5, 5.41) is 7.35. The molecule has 10 heteroatoms. The van der Waals surface area contributed by atoms with Crippen LogP contribution in [-0.2, 0) is 21.9 Å². The van der Waals surface area contributed by atoms with Gasteiger partial charge in [0.25, 0.3) is 0 Å². The van der Waals surface area contributed by atoms with Gasteiger partial charge in [-0.1, -0.05) is 11.6 Å². The summed E-state index contributed by atoms with van der Waals surface area (Å²) in [6.45, 7) is 4.17. The number of amides is 1. The fourth-order valence-electron chi connectivity index (χ4n) is 3.07. The van der Waals surface area contributed by atoms with Crippen molar-refractivity contribution in [2.75, 3.05) is 38.5 Å². The van der Waals surface area contributed by atoms with Crippen LogP contribution in [0.4, 0.5) is 5.69 Å². The maximum atomic E-state index is 12.7. The molecule has 1 aromatic heterocycles. The zero-order valence-corrected chi connectivity index (χ0v) is 18.2. The number of anilines is 1. The zero-order valence-electron chi connectivity index (χ0n) is 16.6. The van der Waals surface area contributed by atoms with Crippen molar-refractivity contribution in [2.45, 2.75) is 11.8 Å². The lowest BCUT2D eigenvalue weighted by atomic mass is 10.2. The molecule has 29 heavy (non-hydrogen) atoms. The van der Waals surface area contributed by atoms with Gasteiger partial charge in [0, 0.05) is 50.6 Å². The molecule has 1 aliphatic heterocycles. The van der Waals surface area contributed by atoms with Gasteiger partial charge in [0.1, 0.15) is 5.15 Å². The van der Waals surface area contributed by atoms with E-state index in [9.17, 15) is 13.2 Å². The van der Waals surface area contributed by atoms with Gasteiger partial charge in [0.15, 0.2) is 0 Å². The van der Waals surface area contributed by atoms with Gasteiger partial charge in [-0.3, -0.25) is 9.48 Å². The number of aromatic nitrogens is 2. The quantitative estimate of drug-likeness (QED) is 0.722. The molecule has 0 atom stereocenters. The summed E-state index contributed by atoms with van der Waals surface area (Å²) >= 11 is 6.14. The van der Waals surface area contributed by atoms with Crippen LogP contribution in [0.25, 0.3) is 6.08 Å². The number of piperazine rings is 1. The second-order valence-electron chi connectivity index (χ2n) is 6.97. The Balaban J connectivity index is 1.66. The van der Waals surface area contributed by atoms with Gasteiger partial charge in [0.05, 0.1) is 10.6 Å². The number of carbonyl (C=O) groups excluding carboxylic acids is 1. The van der Waals surface area contributed by atoms with Gasteiger partial charge in [0.2, 0.25) is 15.9 Å². The Morgan fingerprint density at radius 3 is 2.31 bits per heavy atom. The number of halogens is 1. The molecule has 0 saturated carbocycles. The Bertz CT molecular complexity index is 1020. The van der Waals surface area contributed by atoms with Crippen molar-refractivity contribution in [3.63, 3.8) is 0 Å². The molecule has 2 heterocycles. The summed E-state index contributed by atoms with van der Waals surface area (Å²) in [5.41, 5.74) is 1.91. The molecule has 1 fully saturated rings. The molecule has 1 N–H and O–H groups in total. The summed E-state index contributed by atoms with van der Waals surface area (Å²) in [6.07, 6.45) is 2.97. The third kappa shape index (κ3) is 4.87. The van der Waals surface area contributed by atoms with Crippen molar-refractivity contribution in [3.8, 4) is 0 Å². The monoisotopic (exact) mass is 437 g/mol. The van der Waals surface area contributed by atoms with Gasteiger partial charge >= 0.3 is 0 Å². The van der Waals surface area contributed by atoms with E-state index in [0.717, 1.165) is 5.69 Å². The Morgan fingerprint density at radius 1 is 1.14 bits per heavy atom. The lowest BCUT2D eigenvalue weighted by Crippen LogP contribution is -2.46. The van der Waals surface area contributed by atoms with E-state index in [4.69, 9.17) is 11.6 Å². The summed E-state index contributed by atoms with van der Waals surface area (Å²) in [6, 6.07) is 6.18. The normalized spacial score (nSPS) is 16.4. The lowest BCUT2D eigenvalue weighted by molar-refractivity contribution is -0.111. The van der Waals surface area contributed by atoms with Crippen molar-refractivity contribution in [3.05, 3.63) is 46.8 Å². The van der Waals surface area contributed by atoms with Crippen molar-refractivity contribution in [2.24, 2.45) is 7.05 Å². The Hall–Kier alpha value is -2.20. The van der Waals surface area contributed by atoms with Crippen LogP contribution < -0.4 is 5.32 Å². The maximum absolute atomic E-state index is 12.7. The molecule has 156 valence electrons. The molecule has 1 amide bonds. The van der Waals surface area contributed by atoms with Crippen LogP contribution in [0.2, 0.25) is 5.15 Å². The number of nitrogens with zero attached hydrogens (tertiary/aromatic N) is 4. The molecule has 3 rings (SSSR count). The zero-order chi connectivity index (χ0) is 21.2. The molecule has 0 aliphatic carbocycles. The van der Waals surface area contributed by atoms with Crippen molar-refractivity contribution >= 4 is 39.3 Å². The van der Waals surface area contributed by atoms with Gasteiger partial charge in [-0.15, -0.1) is 0 Å². The largest absolute Gasteiger partial charge is 0.323 e. The van der Waals surface area contributed by atoms with E-state index in [1.165, 1.54) is 27.2 Å². The smallest absolute Gasteiger partial charge is 0.248 e. The van der Waals surface area contributed by atoms with Crippen LogP contribution in [0.3, 0.4) is 0 Å². The van der Waals surface area contributed by atoms with E-state index in [0.29, 0.717) is 42.6 Å². The molecule has 0 unspecified atom stereocenters. The van der Waals surface area contributed by atoms with E-state index < -0.39 is 10.0 Å². The molecule has 8 nitrogen and oxygen atoms in total. The van der Waals surface area contributed by atoms with Crippen LogP contribution >= 0.6 is 11.6 Å². The Morgan fingerprint density at radius 2 is 1.76 bits per heavy atom. The van der Waals surface area contributed by atoms with Crippen LogP contribution in [0.1, 0.15) is 11.3 Å². The summed E-state index contributed by atoms with van der Waals surface area (Å²) in [7, 11) is 0.170. The predicted octanol–water partition coefficient (Wildman–Crippen LogP) is 1.97. The first kappa shape index (κ1) is 21.5. The Labute approximate surface area is 175 Å². The molecule has 2 aromatic rings. The molecule has 0 bridgehead atoms. The number of carbonyl (C=O) groups is 1. The van der Waals surface area contributed by atoms with Crippen molar-refractivity contribution in [1.29, 1.82) is 0 Å². The standard InChI is InChI=1S/C19H24ClN5O3S/c1-14-17(19(20)24(3)22-14)8-9-18(26)21-15-4-6-16(7-5-15)29(27,28)25-12-10-23(2)11-13-25/h4-9H,10-13H2,1-3H3,(H,21,26)/b9-8+. The number of hydrogen-bond acceptors (Lipinski definition) is 5. The number of sulfonamides is 1. The molecule has 1 aliphatic rings. The summed E-state index contributed by atoms with van der Waals surface area (Å²) < 4.78 is 28.5. The second kappa shape index (κ2) is 8.66. The van der Waals surface area contributed by atoms with Crippen LogP contribution in [-0.4, -0.2) is 66.5 Å². The SMILES string of the molecule is Cc1nn(C)c(Cl)c1/C=C/C(=O)Nc1ccc(S(=O)(=O)N2CCN(C)CC2)cc1. The van der Waals surface area contributed by atoms with E-state index in [2.05, 4.69) is 15.3 Å². The minimum Gasteiger partial charge on any atom is -0.323 e. The molecular formula is C19H24ClN5O3S. The molecule has 0 radical (unpaired) electrons. The minimum absolute atomic E-state index is 0.216. The van der Waals surface area contributed by atoms with Crippen LogP contribution in [0.15, 0.2) is 35.2 Å². The van der Waals surface area contributed by atoms with E-state index in [1.54, 1.807) is 25.3 Å². The third-order valence-electron chi connectivity index (χ3n) is 4.82. The van der Waals surface area contributed by atoms with E-state index in [1.807, 2.05) is 14.0 Å². The first-order valence-electron chi connectivity index (χ1n) is 9.15. The average Bonchev–Trinajstić information content (AvgIpc) is 2.92. The fraction of sp³-hybridized carbons (Fsp3) is 0.368. The lowest BCUT2D eigenvalue weighted by Gasteiger charge is -2.31. The highest BCUT2D eigenvalue weighted by molar-refractivity contribution is 7.89. The number of aryl methyl sites for hydroxylation is 2. The summed E-state index contributed by atoms with van der Waals surface area (Å²) in [5.74, 6) is -0.348.